The van der Waals surface area contributed by atoms with Gasteiger partial charge in [-0.25, -0.2) is 9.97 Å². The lowest BCUT2D eigenvalue weighted by Gasteiger charge is -2.08. The Morgan fingerprint density at radius 2 is 1.96 bits per heavy atom. The Bertz CT molecular complexity index is 1020. The van der Waals surface area contributed by atoms with Gasteiger partial charge in [-0.05, 0) is 23.3 Å². The van der Waals surface area contributed by atoms with Crippen molar-refractivity contribution in [1.82, 2.24) is 24.8 Å². The minimum Gasteiger partial charge on any atom is -0.352 e. The normalized spacial score (nSPS) is 10.8. The molecule has 0 spiro atoms. The molecule has 0 radical (unpaired) electrons. The number of aromatic nitrogens is 4. The van der Waals surface area contributed by atoms with Crippen LogP contribution in [-0.2, 0) is 17.8 Å². The Labute approximate surface area is 150 Å². The van der Waals surface area contributed by atoms with Gasteiger partial charge in [0.15, 0.2) is 0 Å². The zero-order valence-electron chi connectivity index (χ0n) is 14.0. The minimum absolute atomic E-state index is 0.0400. The van der Waals surface area contributed by atoms with Crippen molar-refractivity contribution in [3.63, 3.8) is 0 Å². The summed E-state index contributed by atoms with van der Waals surface area (Å²) >= 11 is 0. The lowest BCUT2D eigenvalue weighted by Crippen LogP contribution is -2.24. The molecule has 0 saturated carbocycles. The van der Waals surface area contributed by atoms with Gasteiger partial charge in [0.25, 0.3) is 0 Å². The van der Waals surface area contributed by atoms with E-state index in [2.05, 4.69) is 20.3 Å². The van der Waals surface area contributed by atoms with Crippen molar-refractivity contribution in [2.24, 2.45) is 0 Å². The number of nitrogens with one attached hydrogen (secondary N) is 1. The molecule has 0 bridgehead atoms. The molecule has 0 aliphatic rings. The van der Waals surface area contributed by atoms with Crippen molar-refractivity contribution in [2.45, 2.75) is 13.0 Å². The number of amides is 1. The van der Waals surface area contributed by atoms with Gasteiger partial charge >= 0.3 is 0 Å². The van der Waals surface area contributed by atoms with E-state index >= 15 is 0 Å². The molecule has 0 unspecified atom stereocenters. The van der Waals surface area contributed by atoms with Crippen LogP contribution in [-0.4, -0.2) is 25.4 Å². The van der Waals surface area contributed by atoms with E-state index in [1.54, 1.807) is 24.9 Å². The van der Waals surface area contributed by atoms with Crippen molar-refractivity contribution >= 4 is 16.8 Å². The third-order valence-electron chi connectivity index (χ3n) is 4.14. The molecule has 0 atom stereocenters. The second-order valence-corrected chi connectivity index (χ2v) is 5.94. The van der Waals surface area contributed by atoms with Crippen LogP contribution in [0.5, 0.6) is 0 Å². The third-order valence-corrected chi connectivity index (χ3v) is 4.14. The molecule has 0 aliphatic heterocycles. The van der Waals surface area contributed by atoms with Crippen LogP contribution in [0.4, 0.5) is 0 Å². The summed E-state index contributed by atoms with van der Waals surface area (Å²) in [6, 6.07) is 13.6. The van der Waals surface area contributed by atoms with E-state index in [0.717, 1.165) is 27.8 Å². The summed E-state index contributed by atoms with van der Waals surface area (Å²) in [7, 11) is 0. The van der Waals surface area contributed by atoms with Crippen LogP contribution in [0.25, 0.3) is 16.7 Å². The predicted octanol–water partition coefficient (Wildman–Crippen LogP) is 2.67. The lowest BCUT2D eigenvalue weighted by molar-refractivity contribution is -0.120. The van der Waals surface area contributed by atoms with Gasteiger partial charge in [0.05, 0.1) is 11.9 Å². The molecule has 6 heteroatoms. The molecule has 0 saturated heterocycles. The summed E-state index contributed by atoms with van der Waals surface area (Å²) in [5, 5.41) is 3.98. The number of nitrogens with zero attached hydrogens (tertiary/aromatic N) is 4. The molecular formula is C20H17N5O. The van der Waals surface area contributed by atoms with Crippen LogP contribution in [0.1, 0.15) is 11.1 Å². The Hall–Kier alpha value is -3.54. The average molecular weight is 343 g/mol. The maximum absolute atomic E-state index is 12.3. The number of pyridine rings is 2. The lowest BCUT2D eigenvalue weighted by atomic mass is 10.1. The number of hydrogen-bond donors (Lipinski definition) is 1. The van der Waals surface area contributed by atoms with Crippen LogP contribution in [0, 0.1) is 0 Å². The Morgan fingerprint density at radius 3 is 2.77 bits per heavy atom. The van der Waals surface area contributed by atoms with Crippen LogP contribution < -0.4 is 5.32 Å². The maximum Gasteiger partial charge on any atom is 0.224 e. The molecule has 0 fully saturated rings. The van der Waals surface area contributed by atoms with Crippen LogP contribution >= 0.6 is 0 Å². The SMILES string of the molecule is O=C(Cc1cccc2cccnc12)NCc1ccc(-n2ccnc2)nc1. The highest BCUT2D eigenvalue weighted by molar-refractivity contribution is 5.87. The van der Waals surface area contributed by atoms with Gasteiger partial charge in [-0.2, -0.15) is 0 Å². The monoisotopic (exact) mass is 343 g/mol. The Kier molecular flexibility index (Phi) is 4.38. The third kappa shape index (κ3) is 3.44. The number of para-hydroxylation sites is 1. The first-order valence-corrected chi connectivity index (χ1v) is 8.32. The molecule has 26 heavy (non-hydrogen) atoms. The van der Waals surface area contributed by atoms with Gasteiger partial charge in [0, 0.05) is 36.7 Å². The molecule has 1 N–H and O–H groups in total. The van der Waals surface area contributed by atoms with Gasteiger partial charge in [0.1, 0.15) is 12.1 Å². The first-order valence-electron chi connectivity index (χ1n) is 8.32. The van der Waals surface area contributed by atoms with Crippen molar-refractivity contribution in [1.29, 1.82) is 0 Å². The molecule has 4 aromatic rings. The van der Waals surface area contributed by atoms with Gasteiger partial charge in [-0.15, -0.1) is 0 Å². The second kappa shape index (κ2) is 7.14. The van der Waals surface area contributed by atoms with E-state index in [9.17, 15) is 4.79 Å². The summed E-state index contributed by atoms with van der Waals surface area (Å²) in [5.41, 5.74) is 2.74. The van der Waals surface area contributed by atoms with Gasteiger partial charge in [-0.1, -0.05) is 30.3 Å². The molecule has 1 aromatic carbocycles. The number of carbonyl (C=O) groups is 1. The molecule has 0 aliphatic carbocycles. The van der Waals surface area contributed by atoms with Crippen LogP contribution in [0.2, 0.25) is 0 Å². The van der Waals surface area contributed by atoms with Crippen molar-refractivity contribution in [3.05, 3.63) is 84.7 Å². The first kappa shape index (κ1) is 16.0. The average Bonchev–Trinajstić information content (AvgIpc) is 3.22. The van der Waals surface area contributed by atoms with Crippen molar-refractivity contribution in [2.75, 3.05) is 0 Å². The van der Waals surface area contributed by atoms with Gasteiger partial charge in [-0.3, -0.25) is 14.3 Å². The quantitative estimate of drug-likeness (QED) is 0.605. The summed E-state index contributed by atoms with van der Waals surface area (Å²) in [6.45, 7) is 0.439. The van der Waals surface area contributed by atoms with E-state index < -0.39 is 0 Å². The topological polar surface area (TPSA) is 72.7 Å². The fraction of sp³-hybridized carbons (Fsp3) is 0.100. The Morgan fingerprint density at radius 1 is 1.04 bits per heavy atom. The number of carbonyl (C=O) groups excluding carboxylic acids is 1. The zero-order chi connectivity index (χ0) is 17.8. The summed E-state index contributed by atoms with van der Waals surface area (Å²) in [5.74, 6) is 0.751. The highest BCUT2D eigenvalue weighted by Crippen LogP contribution is 2.16. The largest absolute Gasteiger partial charge is 0.352 e. The van der Waals surface area contributed by atoms with Crippen LogP contribution in [0.3, 0.4) is 0 Å². The van der Waals surface area contributed by atoms with E-state index in [1.807, 2.05) is 53.2 Å². The van der Waals surface area contributed by atoms with Gasteiger partial charge in [0.2, 0.25) is 5.91 Å². The molecular weight excluding hydrogens is 326 g/mol. The second-order valence-electron chi connectivity index (χ2n) is 5.94. The number of hydrogen-bond acceptors (Lipinski definition) is 4. The molecule has 6 nitrogen and oxygen atoms in total. The fourth-order valence-electron chi connectivity index (χ4n) is 2.81. The van der Waals surface area contributed by atoms with E-state index in [4.69, 9.17) is 0 Å². The number of imidazole rings is 1. The first-order chi connectivity index (χ1) is 12.8. The highest BCUT2D eigenvalue weighted by atomic mass is 16.1. The number of rotatable bonds is 5. The molecule has 3 heterocycles. The van der Waals surface area contributed by atoms with Gasteiger partial charge < -0.3 is 5.32 Å². The number of fused-ring (bicyclic) bond motifs is 1. The summed E-state index contributed by atoms with van der Waals surface area (Å²) in [4.78, 5) is 25.1. The zero-order valence-corrected chi connectivity index (χ0v) is 14.0. The molecule has 1 amide bonds. The molecule has 128 valence electrons. The summed E-state index contributed by atoms with van der Waals surface area (Å²) < 4.78 is 1.83. The minimum atomic E-state index is -0.0400. The molecule has 3 aromatic heterocycles. The van der Waals surface area contributed by atoms with E-state index in [1.165, 1.54) is 0 Å². The van der Waals surface area contributed by atoms with Crippen LogP contribution in [0.15, 0.2) is 73.6 Å². The molecule has 4 rings (SSSR count). The Balaban J connectivity index is 1.39. The summed E-state index contributed by atoms with van der Waals surface area (Å²) in [6.07, 6.45) is 9.04. The maximum atomic E-state index is 12.3. The highest BCUT2D eigenvalue weighted by Gasteiger charge is 2.08. The van der Waals surface area contributed by atoms with E-state index in [-0.39, 0.29) is 5.91 Å². The predicted molar refractivity (Wildman–Crippen MR) is 98.7 cm³/mol. The van der Waals surface area contributed by atoms with Crippen molar-refractivity contribution < 1.29 is 4.79 Å². The van der Waals surface area contributed by atoms with Crippen molar-refractivity contribution in [3.8, 4) is 5.82 Å². The smallest absolute Gasteiger partial charge is 0.224 e. The van der Waals surface area contributed by atoms with E-state index in [0.29, 0.717) is 13.0 Å². The standard InChI is InChI=1S/C20H17N5O/c26-19(11-17-4-1-3-16-5-2-8-22-20(16)17)24-13-15-6-7-18(23-12-15)25-10-9-21-14-25/h1-10,12,14H,11,13H2,(H,24,26). The number of benzene rings is 1. The fourth-order valence-corrected chi connectivity index (χ4v) is 2.81.